The summed E-state index contributed by atoms with van der Waals surface area (Å²) in [7, 11) is 0. The van der Waals surface area contributed by atoms with Gasteiger partial charge in [-0.3, -0.25) is 4.79 Å². The molecule has 0 radical (unpaired) electrons. The van der Waals surface area contributed by atoms with Crippen molar-refractivity contribution in [2.45, 2.75) is 39.2 Å². The quantitative estimate of drug-likeness (QED) is 0.680. The van der Waals surface area contributed by atoms with Crippen LogP contribution in [-0.4, -0.2) is 18.5 Å². The zero-order valence-corrected chi connectivity index (χ0v) is 17.3. The highest BCUT2D eigenvalue weighted by Crippen LogP contribution is 2.39. The van der Waals surface area contributed by atoms with E-state index in [1.165, 1.54) is 30.3 Å². The maximum absolute atomic E-state index is 14.5. The first-order valence-corrected chi connectivity index (χ1v) is 9.88. The molecule has 1 amide bonds. The summed E-state index contributed by atoms with van der Waals surface area (Å²) in [6.07, 6.45) is 0.635. The van der Waals surface area contributed by atoms with Gasteiger partial charge in [-0.15, -0.1) is 0 Å². The molecule has 1 aliphatic rings. The van der Waals surface area contributed by atoms with Crippen LogP contribution in [0, 0.1) is 28.8 Å². The Hall–Kier alpha value is -2.05. The summed E-state index contributed by atoms with van der Waals surface area (Å²) in [6.45, 7) is 6.43. The van der Waals surface area contributed by atoms with Gasteiger partial charge in [0.2, 0.25) is 5.91 Å². The van der Waals surface area contributed by atoms with Gasteiger partial charge >= 0.3 is 0 Å². The first-order chi connectivity index (χ1) is 13.6. The number of amides is 1. The van der Waals surface area contributed by atoms with Gasteiger partial charge in [-0.1, -0.05) is 50.6 Å². The Morgan fingerprint density at radius 3 is 2.52 bits per heavy atom. The largest absolute Gasteiger partial charge is 0.323 e. The maximum atomic E-state index is 14.5. The van der Waals surface area contributed by atoms with Crippen molar-refractivity contribution in [1.82, 2.24) is 5.32 Å². The second-order valence-corrected chi connectivity index (χ2v) is 9.05. The summed E-state index contributed by atoms with van der Waals surface area (Å²) < 4.78 is 42.6. The molecule has 0 spiro atoms. The zero-order chi connectivity index (χ0) is 21.3. The van der Waals surface area contributed by atoms with Gasteiger partial charge in [-0.2, -0.15) is 0 Å². The smallest absolute Gasteiger partial charge is 0.229 e. The molecule has 3 nitrogen and oxygen atoms in total. The SMILES string of the molecule is CC(C)(C)CC1NCC(c2cccc(F)c2F)C1C(=O)Nc1cccc(Cl)c1F. The van der Waals surface area contributed by atoms with Crippen molar-refractivity contribution in [3.8, 4) is 0 Å². The highest BCUT2D eigenvalue weighted by atomic mass is 35.5. The van der Waals surface area contributed by atoms with Gasteiger partial charge in [0.1, 0.15) is 0 Å². The number of carbonyl (C=O) groups is 1. The van der Waals surface area contributed by atoms with Gasteiger partial charge < -0.3 is 10.6 Å². The molecule has 1 heterocycles. The number of nitrogens with one attached hydrogen (secondary N) is 2. The monoisotopic (exact) mass is 424 g/mol. The number of halogens is 4. The third-order valence-electron chi connectivity index (χ3n) is 5.19. The normalized spacial score (nSPS) is 22.0. The van der Waals surface area contributed by atoms with Gasteiger partial charge in [0, 0.05) is 18.5 Å². The molecule has 0 bridgehead atoms. The topological polar surface area (TPSA) is 41.1 Å². The Balaban J connectivity index is 1.96. The summed E-state index contributed by atoms with van der Waals surface area (Å²) >= 11 is 5.81. The Labute approximate surface area is 173 Å². The van der Waals surface area contributed by atoms with Gasteiger partial charge in [-0.25, -0.2) is 13.2 Å². The van der Waals surface area contributed by atoms with Crippen LogP contribution in [0.3, 0.4) is 0 Å². The predicted octanol–water partition coefficient (Wildman–Crippen LogP) is 5.50. The molecule has 7 heteroatoms. The Bertz CT molecular complexity index is 913. The van der Waals surface area contributed by atoms with Crippen LogP contribution in [0.5, 0.6) is 0 Å². The lowest BCUT2D eigenvalue weighted by Gasteiger charge is -2.29. The highest BCUT2D eigenvalue weighted by Gasteiger charge is 2.44. The Morgan fingerprint density at radius 1 is 1.14 bits per heavy atom. The van der Waals surface area contributed by atoms with Crippen LogP contribution >= 0.6 is 11.6 Å². The zero-order valence-electron chi connectivity index (χ0n) is 16.5. The number of benzene rings is 2. The maximum Gasteiger partial charge on any atom is 0.229 e. The minimum Gasteiger partial charge on any atom is -0.323 e. The average molecular weight is 425 g/mol. The number of anilines is 1. The second-order valence-electron chi connectivity index (χ2n) is 8.65. The Morgan fingerprint density at radius 2 is 1.83 bits per heavy atom. The number of rotatable bonds is 4. The molecule has 1 saturated heterocycles. The molecule has 29 heavy (non-hydrogen) atoms. The van der Waals surface area contributed by atoms with E-state index >= 15 is 0 Å². The van der Waals surface area contributed by atoms with Crippen LogP contribution in [-0.2, 0) is 4.79 Å². The van der Waals surface area contributed by atoms with E-state index in [1.807, 2.05) is 20.8 Å². The van der Waals surface area contributed by atoms with E-state index < -0.39 is 35.2 Å². The van der Waals surface area contributed by atoms with Crippen LogP contribution in [0.1, 0.15) is 38.7 Å². The predicted molar refractivity (Wildman–Crippen MR) is 108 cm³/mol. The molecule has 0 saturated carbocycles. The van der Waals surface area contributed by atoms with E-state index in [9.17, 15) is 18.0 Å². The van der Waals surface area contributed by atoms with E-state index in [4.69, 9.17) is 11.6 Å². The molecule has 2 aromatic carbocycles. The fourth-order valence-corrected chi connectivity index (χ4v) is 4.14. The third kappa shape index (κ3) is 4.75. The van der Waals surface area contributed by atoms with Crippen molar-refractivity contribution >= 4 is 23.2 Å². The summed E-state index contributed by atoms with van der Waals surface area (Å²) in [5.41, 5.74) is -0.00429. The molecular weight excluding hydrogens is 401 g/mol. The highest BCUT2D eigenvalue weighted by molar-refractivity contribution is 6.31. The lowest BCUT2D eigenvalue weighted by molar-refractivity contribution is -0.120. The van der Waals surface area contributed by atoms with Crippen LogP contribution in [0.25, 0.3) is 0 Å². The first kappa shape index (κ1) is 21.7. The van der Waals surface area contributed by atoms with E-state index in [1.54, 1.807) is 0 Å². The number of hydrogen-bond donors (Lipinski definition) is 2. The molecule has 2 N–H and O–H groups in total. The van der Waals surface area contributed by atoms with Crippen LogP contribution in [0.2, 0.25) is 5.02 Å². The molecule has 1 aliphatic heterocycles. The van der Waals surface area contributed by atoms with Crippen LogP contribution in [0.15, 0.2) is 36.4 Å². The average Bonchev–Trinajstić information content (AvgIpc) is 3.03. The van der Waals surface area contributed by atoms with Gasteiger partial charge in [-0.05, 0) is 35.6 Å². The first-order valence-electron chi connectivity index (χ1n) is 9.50. The summed E-state index contributed by atoms with van der Waals surface area (Å²) in [5.74, 6) is -4.39. The van der Waals surface area contributed by atoms with Crippen molar-refractivity contribution in [1.29, 1.82) is 0 Å². The van der Waals surface area contributed by atoms with Crippen LogP contribution < -0.4 is 10.6 Å². The molecule has 3 unspecified atom stereocenters. The number of hydrogen-bond acceptors (Lipinski definition) is 2. The number of carbonyl (C=O) groups excluding carboxylic acids is 1. The lowest BCUT2D eigenvalue weighted by atomic mass is 9.78. The van der Waals surface area contributed by atoms with E-state index in [-0.39, 0.29) is 27.7 Å². The molecule has 3 atom stereocenters. The van der Waals surface area contributed by atoms with Crippen LogP contribution in [0.4, 0.5) is 18.9 Å². The van der Waals surface area contributed by atoms with Crippen molar-refractivity contribution in [3.05, 3.63) is 64.4 Å². The molecule has 156 valence electrons. The minimum absolute atomic E-state index is 0.0395. The molecular formula is C22H24ClF3N2O. The standard InChI is InChI=1S/C22H24ClF3N2O/c1-22(2,3)10-17-18(21(29)28-16-9-5-7-14(23)20(16)26)13(11-27-17)12-6-4-8-15(24)19(12)25/h4-9,13,17-18,27H,10-11H2,1-3H3,(H,28,29). The molecule has 0 aliphatic carbocycles. The molecule has 0 aromatic heterocycles. The van der Waals surface area contributed by atoms with Crippen molar-refractivity contribution in [2.24, 2.45) is 11.3 Å². The summed E-state index contributed by atoms with van der Waals surface area (Å²) in [5, 5.41) is 5.76. The second kappa shape index (κ2) is 8.36. The Kier molecular flexibility index (Phi) is 6.24. The fraction of sp³-hybridized carbons (Fsp3) is 0.409. The van der Waals surface area contributed by atoms with E-state index in [0.29, 0.717) is 13.0 Å². The van der Waals surface area contributed by atoms with Gasteiger partial charge in [0.05, 0.1) is 16.6 Å². The molecule has 1 fully saturated rings. The van der Waals surface area contributed by atoms with E-state index in [2.05, 4.69) is 10.6 Å². The summed E-state index contributed by atoms with van der Waals surface area (Å²) in [6, 6.07) is 8.02. The minimum atomic E-state index is -0.957. The van der Waals surface area contributed by atoms with Gasteiger partial charge in [0.25, 0.3) is 0 Å². The van der Waals surface area contributed by atoms with Crippen molar-refractivity contribution < 1.29 is 18.0 Å². The van der Waals surface area contributed by atoms with E-state index in [0.717, 1.165) is 6.07 Å². The third-order valence-corrected chi connectivity index (χ3v) is 5.48. The molecule has 2 aromatic rings. The molecule has 3 rings (SSSR count). The van der Waals surface area contributed by atoms with Gasteiger partial charge in [0.15, 0.2) is 17.5 Å². The van der Waals surface area contributed by atoms with Crippen molar-refractivity contribution in [3.63, 3.8) is 0 Å². The van der Waals surface area contributed by atoms with Crippen molar-refractivity contribution in [2.75, 3.05) is 11.9 Å². The fourth-order valence-electron chi connectivity index (χ4n) is 3.96. The summed E-state index contributed by atoms with van der Waals surface area (Å²) in [4.78, 5) is 13.2. The lowest BCUT2D eigenvalue weighted by Crippen LogP contribution is -2.38.